The molecule has 3 heterocycles. The number of amides is 1. The normalized spacial score (nSPS) is 13.8. The Hall–Kier alpha value is -3.22. The van der Waals surface area contributed by atoms with Crippen LogP contribution in [-0.4, -0.2) is 43.6 Å². The van der Waals surface area contributed by atoms with Crippen LogP contribution in [0.15, 0.2) is 47.3 Å². The zero-order valence-corrected chi connectivity index (χ0v) is 15.9. The van der Waals surface area contributed by atoms with E-state index in [2.05, 4.69) is 31.9 Å². The van der Waals surface area contributed by atoms with Crippen LogP contribution in [0.1, 0.15) is 33.3 Å². The Bertz CT molecular complexity index is 1040. The lowest BCUT2D eigenvalue weighted by Gasteiger charge is -2.19. The highest BCUT2D eigenvalue weighted by atomic mass is 16.2. The Morgan fingerprint density at radius 3 is 2.64 bits per heavy atom. The highest BCUT2D eigenvalue weighted by molar-refractivity contribution is 5.93. The largest absolute Gasteiger partial charge is 0.336 e. The second kappa shape index (κ2) is 7.80. The summed E-state index contributed by atoms with van der Waals surface area (Å²) in [7, 11) is 0. The van der Waals surface area contributed by atoms with Gasteiger partial charge in [0, 0.05) is 38.2 Å². The zero-order chi connectivity index (χ0) is 19.5. The van der Waals surface area contributed by atoms with Crippen molar-refractivity contribution in [2.45, 2.75) is 32.7 Å². The van der Waals surface area contributed by atoms with Crippen LogP contribution >= 0.6 is 0 Å². The average Bonchev–Trinajstić information content (AvgIpc) is 2.96. The van der Waals surface area contributed by atoms with Gasteiger partial charge in [0.15, 0.2) is 0 Å². The van der Waals surface area contributed by atoms with Crippen molar-refractivity contribution in [3.63, 3.8) is 0 Å². The molecule has 2 aromatic heterocycles. The van der Waals surface area contributed by atoms with Crippen molar-refractivity contribution in [1.29, 1.82) is 0 Å². The first-order valence-electron chi connectivity index (χ1n) is 9.56. The average molecular weight is 377 g/mol. The number of pyridine rings is 1. The van der Waals surface area contributed by atoms with Gasteiger partial charge in [-0.3, -0.25) is 9.59 Å². The van der Waals surface area contributed by atoms with E-state index in [0.29, 0.717) is 26.1 Å². The van der Waals surface area contributed by atoms with Crippen molar-refractivity contribution < 1.29 is 4.79 Å². The highest BCUT2D eigenvalue weighted by Gasteiger charge is 2.24. The molecular formula is C21H23N5O2. The van der Waals surface area contributed by atoms with Gasteiger partial charge in [-0.05, 0) is 31.0 Å². The van der Waals surface area contributed by atoms with E-state index in [9.17, 15) is 9.59 Å². The lowest BCUT2D eigenvalue weighted by atomic mass is 10.1. The minimum atomic E-state index is -0.336. The van der Waals surface area contributed by atoms with Gasteiger partial charge in [0.05, 0.1) is 0 Å². The van der Waals surface area contributed by atoms with E-state index < -0.39 is 0 Å². The van der Waals surface area contributed by atoms with Crippen LogP contribution in [0.25, 0.3) is 0 Å². The molecule has 0 spiro atoms. The molecule has 0 atom stereocenters. The van der Waals surface area contributed by atoms with Gasteiger partial charge in [-0.2, -0.15) is 0 Å². The van der Waals surface area contributed by atoms with Gasteiger partial charge in [-0.1, -0.05) is 30.3 Å². The SMILES string of the molecule is Cc1ccc(C(=O)N2CCc3nnc(CCc4ccccc4)n3CC2)c(=O)[nH]1. The van der Waals surface area contributed by atoms with Crippen LogP contribution in [0, 0.1) is 6.92 Å². The van der Waals surface area contributed by atoms with E-state index in [-0.39, 0.29) is 17.0 Å². The lowest BCUT2D eigenvalue weighted by molar-refractivity contribution is 0.0757. The minimum Gasteiger partial charge on any atom is -0.336 e. The Kier molecular flexibility index (Phi) is 5.06. The Morgan fingerprint density at radius 2 is 1.86 bits per heavy atom. The first-order chi connectivity index (χ1) is 13.6. The van der Waals surface area contributed by atoms with Crippen LogP contribution < -0.4 is 5.56 Å². The summed E-state index contributed by atoms with van der Waals surface area (Å²) in [6.45, 7) is 3.50. The number of carbonyl (C=O) groups excluding carboxylic acids is 1. The number of carbonyl (C=O) groups is 1. The van der Waals surface area contributed by atoms with Crippen molar-refractivity contribution in [3.8, 4) is 0 Å². The quantitative estimate of drug-likeness (QED) is 0.751. The molecule has 0 radical (unpaired) electrons. The number of fused-ring (bicyclic) bond motifs is 1. The first-order valence-corrected chi connectivity index (χ1v) is 9.56. The molecule has 1 aliphatic heterocycles. The molecule has 144 valence electrons. The molecule has 0 aliphatic carbocycles. The van der Waals surface area contributed by atoms with Gasteiger partial charge in [-0.25, -0.2) is 0 Å². The third-order valence-corrected chi connectivity index (χ3v) is 5.16. The molecule has 28 heavy (non-hydrogen) atoms. The number of benzene rings is 1. The number of H-pyrrole nitrogens is 1. The Labute approximate surface area is 163 Å². The van der Waals surface area contributed by atoms with Crippen molar-refractivity contribution in [3.05, 3.63) is 81.3 Å². The van der Waals surface area contributed by atoms with E-state index in [1.807, 2.05) is 18.2 Å². The number of nitrogens with zero attached hydrogens (tertiary/aromatic N) is 4. The predicted octanol–water partition coefficient (Wildman–Crippen LogP) is 1.76. The van der Waals surface area contributed by atoms with E-state index in [4.69, 9.17) is 0 Å². The van der Waals surface area contributed by atoms with Crippen LogP contribution in [0.5, 0.6) is 0 Å². The maximum Gasteiger partial charge on any atom is 0.260 e. The standard InChI is InChI=1S/C21H23N5O2/c1-15-7-9-17(20(27)22-15)21(28)25-12-11-19-24-23-18(26(19)14-13-25)10-8-16-5-3-2-4-6-16/h2-7,9H,8,10-14H2,1H3,(H,22,27). The van der Waals surface area contributed by atoms with Crippen molar-refractivity contribution in [2.24, 2.45) is 0 Å². The summed E-state index contributed by atoms with van der Waals surface area (Å²) in [4.78, 5) is 29.4. The molecule has 1 aromatic carbocycles. The molecule has 0 saturated heterocycles. The summed E-state index contributed by atoms with van der Waals surface area (Å²) >= 11 is 0. The number of nitrogens with one attached hydrogen (secondary N) is 1. The Morgan fingerprint density at radius 1 is 1.04 bits per heavy atom. The summed E-state index contributed by atoms with van der Waals surface area (Å²) in [5.41, 5.74) is 1.86. The number of aromatic nitrogens is 4. The fourth-order valence-electron chi connectivity index (χ4n) is 3.58. The minimum absolute atomic E-state index is 0.188. The van der Waals surface area contributed by atoms with Crippen LogP contribution in [0.3, 0.4) is 0 Å². The number of aryl methyl sites for hydroxylation is 3. The summed E-state index contributed by atoms with van der Waals surface area (Å²) < 4.78 is 2.12. The lowest BCUT2D eigenvalue weighted by Crippen LogP contribution is -2.37. The molecule has 4 rings (SSSR count). The fraction of sp³-hybridized carbons (Fsp3) is 0.333. The molecule has 1 N–H and O–H groups in total. The number of hydrogen-bond acceptors (Lipinski definition) is 4. The van der Waals surface area contributed by atoms with Crippen molar-refractivity contribution >= 4 is 5.91 Å². The third kappa shape index (κ3) is 3.74. The molecule has 1 amide bonds. The third-order valence-electron chi connectivity index (χ3n) is 5.16. The molecule has 7 nitrogen and oxygen atoms in total. The van der Waals surface area contributed by atoms with E-state index in [1.54, 1.807) is 24.0 Å². The van der Waals surface area contributed by atoms with Crippen LogP contribution in [0.2, 0.25) is 0 Å². The Balaban J connectivity index is 1.46. The second-order valence-corrected chi connectivity index (χ2v) is 7.10. The second-order valence-electron chi connectivity index (χ2n) is 7.10. The van der Waals surface area contributed by atoms with E-state index in [0.717, 1.165) is 30.2 Å². The molecule has 3 aromatic rings. The molecule has 0 bridgehead atoms. The molecule has 7 heteroatoms. The fourth-order valence-corrected chi connectivity index (χ4v) is 3.58. The van der Waals surface area contributed by atoms with Gasteiger partial charge >= 0.3 is 0 Å². The summed E-state index contributed by atoms with van der Waals surface area (Å²) in [5.74, 6) is 1.61. The smallest absolute Gasteiger partial charge is 0.260 e. The topological polar surface area (TPSA) is 83.9 Å². The molecular weight excluding hydrogens is 354 g/mol. The van der Waals surface area contributed by atoms with Crippen molar-refractivity contribution in [2.75, 3.05) is 13.1 Å². The number of rotatable bonds is 4. The molecule has 0 saturated carbocycles. The van der Waals surface area contributed by atoms with Gasteiger partial charge < -0.3 is 14.5 Å². The van der Waals surface area contributed by atoms with Crippen LogP contribution in [0.4, 0.5) is 0 Å². The van der Waals surface area contributed by atoms with E-state index >= 15 is 0 Å². The first kappa shape index (κ1) is 18.2. The van der Waals surface area contributed by atoms with E-state index in [1.165, 1.54) is 5.56 Å². The molecule has 0 fully saturated rings. The molecule has 1 aliphatic rings. The zero-order valence-electron chi connectivity index (χ0n) is 15.9. The maximum absolute atomic E-state index is 12.8. The van der Waals surface area contributed by atoms with Gasteiger partial charge in [-0.15, -0.1) is 10.2 Å². The summed E-state index contributed by atoms with van der Waals surface area (Å²) in [6, 6.07) is 13.7. The van der Waals surface area contributed by atoms with Crippen molar-refractivity contribution in [1.82, 2.24) is 24.6 Å². The monoisotopic (exact) mass is 377 g/mol. The van der Waals surface area contributed by atoms with Gasteiger partial charge in [0.1, 0.15) is 17.2 Å². The van der Waals surface area contributed by atoms with Gasteiger partial charge in [0.25, 0.3) is 11.5 Å². The van der Waals surface area contributed by atoms with Crippen LogP contribution in [-0.2, 0) is 25.8 Å². The number of aromatic amines is 1. The summed E-state index contributed by atoms with van der Waals surface area (Å²) in [6.07, 6.45) is 2.34. The summed E-state index contributed by atoms with van der Waals surface area (Å²) in [5, 5.41) is 8.69. The number of hydrogen-bond donors (Lipinski definition) is 1. The maximum atomic E-state index is 12.8. The molecule has 0 unspecified atom stereocenters. The predicted molar refractivity (Wildman–Crippen MR) is 105 cm³/mol. The highest BCUT2D eigenvalue weighted by Crippen LogP contribution is 2.13. The van der Waals surface area contributed by atoms with Gasteiger partial charge in [0.2, 0.25) is 0 Å².